The van der Waals surface area contributed by atoms with E-state index < -0.39 is 11.7 Å². The lowest BCUT2D eigenvalue weighted by atomic mass is 10.1. The number of aryl methyl sites for hydroxylation is 1. The molecule has 1 aliphatic rings. The molecule has 0 saturated carbocycles. The maximum atomic E-state index is 13.5. The van der Waals surface area contributed by atoms with Crippen molar-refractivity contribution in [2.24, 2.45) is 0 Å². The molecule has 5 nitrogen and oxygen atoms in total. The molecule has 1 aliphatic heterocycles. The topological polar surface area (TPSA) is 58.0 Å². The number of nitrogens with one attached hydrogen (secondary N) is 1. The van der Waals surface area contributed by atoms with Crippen molar-refractivity contribution >= 4 is 11.0 Å². The molecule has 4 aromatic rings. The zero-order valence-electron chi connectivity index (χ0n) is 17.2. The van der Waals surface area contributed by atoms with Gasteiger partial charge >= 0.3 is 6.18 Å². The second-order valence-corrected chi connectivity index (χ2v) is 8.01. The Balaban J connectivity index is 1.37. The Morgan fingerprint density at radius 2 is 1.91 bits per heavy atom. The van der Waals surface area contributed by atoms with E-state index in [0.29, 0.717) is 29.3 Å². The van der Waals surface area contributed by atoms with E-state index in [1.165, 1.54) is 24.3 Å². The summed E-state index contributed by atoms with van der Waals surface area (Å²) in [5.74, 6) is 1.38. The number of hydrogen-bond acceptors (Lipinski definition) is 4. The quantitative estimate of drug-likeness (QED) is 0.391. The fourth-order valence-corrected chi connectivity index (χ4v) is 4.18. The summed E-state index contributed by atoms with van der Waals surface area (Å²) < 4.78 is 57.7. The van der Waals surface area contributed by atoms with Gasteiger partial charge in [-0.15, -0.1) is 0 Å². The normalized spacial score (nSPS) is 17.5. The third kappa shape index (κ3) is 3.88. The number of hydrogen-bond donors (Lipinski definition) is 1. The van der Waals surface area contributed by atoms with E-state index in [-0.39, 0.29) is 11.9 Å². The van der Waals surface area contributed by atoms with Crippen molar-refractivity contribution in [1.29, 1.82) is 0 Å². The summed E-state index contributed by atoms with van der Waals surface area (Å²) in [5, 5.41) is 0. The summed E-state index contributed by atoms with van der Waals surface area (Å²) in [5.41, 5.74) is 1.89. The van der Waals surface area contributed by atoms with E-state index in [1.807, 2.05) is 0 Å². The molecule has 2 aromatic heterocycles. The molecule has 5 rings (SSSR count). The number of imidazole rings is 1. The number of alkyl halides is 3. The first kappa shape index (κ1) is 20.7. The lowest BCUT2D eigenvalue weighted by Crippen LogP contribution is -2.24. The Kier molecular flexibility index (Phi) is 5.00. The van der Waals surface area contributed by atoms with Crippen LogP contribution in [0.5, 0.6) is 0 Å². The fraction of sp³-hybridized carbons (Fsp3) is 0.304. The Morgan fingerprint density at radius 3 is 2.66 bits per heavy atom. The highest BCUT2D eigenvalue weighted by atomic mass is 19.4. The second kappa shape index (κ2) is 7.74. The highest BCUT2D eigenvalue weighted by Gasteiger charge is 2.31. The molecule has 1 saturated heterocycles. The predicted octanol–water partition coefficient (Wildman–Crippen LogP) is 6.02. The summed E-state index contributed by atoms with van der Waals surface area (Å²) in [6.45, 7) is 3.16. The Hall–Kier alpha value is -3.20. The second-order valence-electron chi connectivity index (χ2n) is 8.01. The number of nitrogens with zero attached hydrogens (tertiary/aromatic N) is 3. The molecule has 9 heteroatoms. The van der Waals surface area contributed by atoms with Gasteiger partial charge in [-0.05, 0) is 68.8 Å². The molecule has 1 N–H and O–H groups in total. The third-order valence-corrected chi connectivity index (χ3v) is 5.85. The zero-order chi connectivity index (χ0) is 22.5. The minimum atomic E-state index is -4.39. The van der Waals surface area contributed by atoms with Crippen LogP contribution in [0, 0.1) is 12.7 Å². The van der Waals surface area contributed by atoms with Crippen molar-refractivity contribution in [2.45, 2.75) is 38.5 Å². The maximum absolute atomic E-state index is 13.5. The van der Waals surface area contributed by atoms with Crippen molar-refractivity contribution in [3.05, 3.63) is 71.1 Å². The van der Waals surface area contributed by atoms with Crippen LogP contribution in [-0.4, -0.2) is 26.4 Å². The Morgan fingerprint density at radius 1 is 1.12 bits per heavy atom. The van der Waals surface area contributed by atoms with Gasteiger partial charge in [-0.3, -0.25) is 4.90 Å². The van der Waals surface area contributed by atoms with Gasteiger partial charge in [0, 0.05) is 12.1 Å². The van der Waals surface area contributed by atoms with Crippen molar-refractivity contribution in [3.63, 3.8) is 0 Å². The summed E-state index contributed by atoms with van der Waals surface area (Å²) >= 11 is 0. The molecule has 0 bridgehead atoms. The molecule has 0 spiro atoms. The number of benzene rings is 2. The van der Waals surface area contributed by atoms with Gasteiger partial charge in [0.15, 0.2) is 0 Å². The van der Waals surface area contributed by atoms with E-state index in [1.54, 1.807) is 13.0 Å². The van der Waals surface area contributed by atoms with Crippen molar-refractivity contribution in [1.82, 2.24) is 19.9 Å². The fourth-order valence-electron chi connectivity index (χ4n) is 4.18. The van der Waals surface area contributed by atoms with Crippen molar-refractivity contribution < 1.29 is 22.0 Å². The number of likely N-dealkylation sites (tertiary alicyclic amines) is 1. The lowest BCUT2D eigenvalue weighted by molar-refractivity contribution is -0.137. The SMILES string of the molecule is Cc1oc(-c2ccc(C(F)(F)F)cc2)nc1CN1CCCC1c1nc2ccc(F)cc2[nH]1. The molecular formula is C23H20F4N4O. The van der Waals surface area contributed by atoms with Crippen LogP contribution in [0.15, 0.2) is 46.9 Å². The van der Waals surface area contributed by atoms with Crippen molar-refractivity contribution in [2.75, 3.05) is 6.54 Å². The minimum Gasteiger partial charge on any atom is -0.441 e. The van der Waals surface area contributed by atoms with Crippen LogP contribution in [-0.2, 0) is 12.7 Å². The average Bonchev–Trinajstić information content (AvgIpc) is 3.46. The first-order chi connectivity index (χ1) is 15.3. The largest absolute Gasteiger partial charge is 0.441 e. The Labute approximate surface area is 181 Å². The molecule has 3 heterocycles. The van der Waals surface area contributed by atoms with Gasteiger partial charge < -0.3 is 9.40 Å². The highest BCUT2D eigenvalue weighted by molar-refractivity contribution is 5.75. The van der Waals surface area contributed by atoms with Gasteiger partial charge in [-0.2, -0.15) is 13.2 Å². The van der Waals surface area contributed by atoms with Crippen LogP contribution in [0.3, 0.4) is 0 Å². The summed E-state index contributed by atoms with van der Waals surface area (Å²) in [4.78, 5) is 14.6. The third-order valence-electron chi connectivity index (χ3n) is 5.85. The lowest BCUT2D eigenvalue weighted by Gasteiger charge is -2.21. The molecule has 0 amide bonds. The molecule has 0 radical (unpaired) electrons. The highest BCUT2D eigenvalue weighted by Crippen LogP contribution is 2.34. The van der Waals surface area contributed by atoms with E-state index >= 15 is 0 Å². The molecule has 0 aliphatic carbocycles. The van der Waals surface area contributed by atoms with Crippen LogP contribution < -0.4 is 0 Å². The number of halogens is 4. The first-order valence-electron chi connectivity index (χ1n) is 10.3. The number of fused-ring (bicyclic) bond motifs is 1. The first-order valence-corrected chi connectivity index (χ1v) is 10.3. The summed E-state index contributed by atoms with van der Waals surface area (Å²) in [7, 11) is 0. The average molecular weight is 444 g/mol. The monoisotopic (exact) mass is 444 g/mol. The number of H-pyrrole nitrogens is 1. The molecule has 1 fully saturated rings. The van der Waals surface area contributed by atoms with E-state index in [4.69, 9.17) is 4.42 Å². The van der Waals surface area contributed by atoms with Gasteiger partial charge in [0.1, 0.15) is 17.4 Å². The van der Waals surface area contributed by atoms with Crippen LogP contribution in [0.2, 0.25) is 0 Å². The van der Waals surface area contributed by atoms with Crippen LogP contribution in [0.4, 0.5) is 17.6 Å². The number of aromatic nitrogens is 3. The van der Waals surface area contributed by atoms with Gasteiger partial charge in [0.25, 0.3) is 0 Å². The van der Waals surface area contributed by atoms with E-state index in [0.717, 1.165) is 48.6 Å². The van der Waals surface area contributed by atoms with Crippen LogP contribution in [0.1, 0.15) is 41.7 Å². The molecule has 1 atom stereocenters. The summed E-state index contributed by atoms with van der Waals surface area (Å²) in [6.07, 6.45) is -2.49. The number of oxazole rings is 1. The van der Waals surface area contributed by atoms with Crippen LogP contribution in [0.25, 0.3) is 22.5 Å². The van der Waals surface area contributed by atoms with E-state index in [2.05, 4.69) is 19.9 Å². The molecule has 2 aromatic carbocycles. The number of rotatable bonds is 4. The minimum absolute atomic E-state index is 0.0380. The number of aromatic amines is 1. The Bertz CT molecular complexity index is 1260. The standard InChI is InChI=1S/C23H20F4N4O/c1-13-19(30-22(32-13)14-4-6-15(7-5-14)23(25,26)27)12-31-10-2-3-20(31)21-28-17-9-8-16(24)11-18(17)29-21/h4-9,11,20H,2-3,10,12H2,1H3,(H,28,29). The maximum Gasteiger partial charge on any atom is 0.416 e. The predicted molar refractivity (Wildman–Crippen MR) is 110 cm³/mol. The van der Waals surface area contributed by atoms with E-state index in [9.17, 15) is 17.6 Å². The zero-order valence-corrected chi connectivity index (χ0v) is 17.2. The molecular weight excluding hydrogens is 424 g/mol. The van der Waals surface area contributed by atoms with Gasteiger partial charge in [-0.1, -0.05) is 0 Å². The molecule has 1 unspecified atom stereocenters. The van der Waals surface area contributed by atoms with Gasteiger partial charge in [0.05, 0.1) is 28.3 Å². The van der Waals surface area contributed by atoms with Crippen LogP contribution >= 0.6 is 0 Å². The smallest absolute Gasteiger partial charge is 0.416 e. The molecule has 32 heavy (non-hydrogen) atoms. The van der Waals surface area contributed by atoms with Gasteiger partial charge in [-0.25, -0.2) is 14.4 Å². The van der Waals surface area contributed by atoms with Gasteiger partial charge in [0.2, 0.25) is 5.89 Å². The summed E-state index contributed by atoms with van der Waals surface area (Å²) in [6, 6.07) is 9.29. The molecule has 166 valence electrons. The van der Waals surface area contributed by atoms with Crippen molar-refractivity contribution in [3.8, 4) is 11.5 Å².